The fraction of sp³-hybridized carbons (Fsp3) is 0.500. The predicted molar refractivity (Wildman–Crippen MR) is 95.9 cm³/mol. The number of benzene rings is 1. The Hall–Kier alpha value is -1.90. The number of aryl methyl sites for hydroxylation is 2. The summed E-state index contributed by atoms with van der Waals surface area (Å²) in [5.41, 5.74) is 3.64. The molecule has 124 valence electrons. The largest absolute Gasteiger partial charge is 0.323 e. The van der Waals surface area contributed by atoms with Crippen molar-refractivity contribution in [2.75, 3.05) is 0 Å². The van der Waals surface area contributed by atoms with E-state index in [4.69, 9.17) is 0 Å². The fourth-order valence-corrected chi connectivity index (χ4v) is 2.80. The number of unbranched alkanes of at least 4 members (excludes halogenated alkanes) is 2. The van der Waals surface area contributed by atoms with Gasteiger partial charge >= 0.3 is 0 Å². The van der Waals surface area contributed by atoms with E-state index in [1.54, 1.807) is 0 Å². The molecule has 0 saturated heterocycles. The van der Waals surface area contributed by atoms with Crippen LogP contribution in [0.2, 0.25) is 0 Å². The lowest BCUT2D eigenvalue weighted by atomic mass is 10.0. The first kappa shape index (κ1) is 17.5. The zero-order chi connectivity index (χ0) is 16.7. The predicted octanol–water partition coefficient (Wildman–Crippen LogP) is 4.43. The highest BCUT2D eigenvalue weighted by Crippen LogP contribution is 2.12. The maximum Gasteiger partial charge on any atom is 0.270 e. The SMILES string of the molecule is Cc1nc(Cc2ccccc2)c(=O)[nH]c1CCCCCC(C)C. The van der Waals surface area contributed by atoms with Gasteiger partial charge in [-0.05, 0) is 31.2 Å². The molecule has 1 N–H and O–H groups in total. The zero-order valence-electron chi connectivity index (χ0n) is 14.6. The van der Waals surface area contributed by atoms with E-state index in [0.29, 0.717) is 12.1 Å². The number of nitrogens with zero attached hydrogens (tertiary/aromatic N) is 1. The normalized spacial score (nSPS) is 11.1. The summed E-state index contributed by atoms with van der Waals surface area (Å²) in [6.07, 6.45) is 6.38. The van der Waals surface area contributed by atoms with Gasteiger partial charge in [-0.1, -0.05) is 63.4 Å². The molecule has 1 aromatic carbocycles. The van der Waals surface area contributed by atoms with Crippen LogP contribution in [0.5, 0.6) is 0 Å². The lowest BCUT2D eigenvalue weighted by Gasteiger charge is -2.08. The number of aromatic amines is 1. The first-order chi connectivity index (χ1) is 11.1. The standard InChI is InChI=1S/C20H28N2O/c1-15(2)10-6-4-9-13-18-16(3)21-19(20(23)22-18)14-17-11-7-5-8-12-17/h5,7-8,11-12,15H,4,6,9-10,13-14H2,1-3H3,(H,22,23). The Labute approximate surface area is 139 Å². The monoisotopic (exact) mass is 312 g/mol. The third-order valence-electron chi connectivity index (χ3n) is 4.19. The van der Waals surface area contributed by atoms with E-state index in [-0.39, 0.29) is 5.56 Å². The lowest BCUT2D eigenvalue weighted by Crippen LogP contribution is -2.19. The van der Waals surface area contributed by atoms with Gasteiger partial charge in [-0.3, -0.25) is 9.78 Å². The molecular formula is C20H28N2O. The number of hydrogen-bond donors (Lipinski definition) is 1. The average molecular weight is 312 g/mol. The molecule has 2 rings (SSSR count). The number of hydrogen-bond acceptors (Lipinski definition) is 2. The van der Waals surface area contributed by atoms with Gasteiger partial charge in [0.1, 0.15) is 5.69 Å². The highest BCUT2D eigenvalue weighted by Gasteiger charge is 2.08. The molecular weight excluding hydrogens is 284 g/mol. The third kappa shape index (κ3) is 5.66. The van der Waals surface area contributed by atoms with Crippen molar-refractivity contribution >= 4 is 0 Å². The Morgan fingerprint density at radius 2 is 1.83 bits per heavy atom. The van der Waals surface area contributed by atoms with Crippen LogP contribution in [0, 0.1) is 12.8 Å². The van der Waals surface area contributed by atoms with Gasteiger partial charge in [0, 0.05) is 12.1 Å². The van der Waals surface area contributed by atoms with Crippen LogP contribution in [0.4, 0.5) is 0 Å². The molecule has 0 saturated carbocycles. The Morgan fingerprint density at radius 3 is 2.52 bits per heavy atom. The van der Waals surface area contributed by atoms with Crippen LogP contribution >= 0.6 is 0 Å². The maximum atomic E-state index is 12.3. The van der Waals surface area contributed by atoms with Crippen LogP contribution in [0.25, 0.3) is 0 Å². The zero-order valence-corrected chi connectivity index (χ0v) is 14.6. The average Bonchev–Trinajstić information content (AvgIpc) is 2.52. The van der Waals surface area contributed by atoms with Crippen molar-refractivity contribution in [1.82, 2.24) is 9.97 Å². The van der Waals surface area contributed by atoms with Gasteiger partial charge in [0.05, 0.1) is 5.69 Å². The molecule has 0 amide bonds. The van der Waals surface area contributed by atoms with Crippen LogP contribution in [0.15, 0.2) is 35.1 Å². The molecule has 0 fully saturated rings. The summed E-state index contributed by atoms with van der Waals surface area (Å²) in [4.78, 5) is 19.9. The van der Waals surface area contributed by atoms with Crippen molar-refractivity contribution in [3.05, 3.63) is 63.3 Å². The van der Waals surface area contributed by atoms with Crippen molar-refractivity contribution in [2.45, 2.75) is 59.3 Å². The third-order valence-corrected chi connectivity index (χ3v) is 4.19. The van der Waals surface area contributed by atoms with Crippen molar-refractivity contribution in [1.29, 1.82) is 0 Å². The Bertz CT molecular complexity index is 659. The Kier molecular flexibility index (Phi) is 6.57. The van der Waals surface area contributed by atoms with Crippen molar-refractivity contribution < 1.29 is 0 Å². The smallest absolute Gasteiger partial charge is 0.270 e. The Balaban J connectivity index is 1.96. The molecule has 0 bridgehead atoms. The van der Waals surface area contributed by atoms with E-state index >= 15 is 0 Å². The van der Waals surface area contributed by atoms with Crippen molar-refractivity contribution in [3.63, 3.8) is 0 Å². The highest BCUT2D eigenvalue weighted by molar-refractivity contribution is 5.22. The second-order valence-corrected chi connectivity index (χ2v) is 6.73. The van der Waals surface area contributed by atoms with E-state index in [1.165, 1.54) is 19.3 Å². The molecule has 0 aliphatic rings. The molecule has 23 heavy (non-hydrogen) atoms. The van der Waals surface area contributed by atoms with E-state index in [9.17, 15) is 4.79 Å². The van der Waals surface area contributed by atoms with Gasteiger partial charge in [0.25, 0.3) is 5.56 Å². The molecule has 2 aromatic rings. The number of rotatable bonds is 8. The second kappa shape index (κ2) is 8.66. The molecule has 0 spiro atoms. The van der Waals surface area contributed by atoms with Gasteiger partial charge in [0.2, 0.25) is 0 Å². The van der Waals surface area contributed by atoms with Crippen molar-refractivity contribution in [3.8, 4) is 0 Å². The van der Waals surface area contributed by atoms with E-state index in [1.807, 2.05) is 37.3 Å². The molecule has 1 heterocycles. The van der Waals surface area contributed by atoms with Gasteiger partial charge in [-0.25, -0.2) is 0 Å². The van der Waals surface area contributed by atoms with Gasteiger partial charge < -0.3 is 4.98 Å². The molecule has 0 atom stereocenters. The molecule has 0 radical (unpaired) electrons. The van der Waals surface area contributed by atoms with E-state index in [0.717, 1.165) is 35.7 Å². The van der Waals surface area contributed by atoms with Crippen LogP contribution in [-0.4, -0.2) is 9.97 Å². The first-order valence-corrected chi connectivity index (χ1v) is 8.69. The number of aromatic nitrogens is 2. The van der Waals surface area contributed by atoms with Gasteiger partial charge in [-0.2, -0.15) is 0 Å². The quantitative estimate of drug-likeness (QED) is 0.733. The minimum absolute atomic E-state index is 0.0448. The summed E-state index contributed by atoms with van der Waals surface area (Å²) >= 11 is 0. The lowest BCUT2D eigenvalue weighted by molar-refractivity contribution is 0.525. The van der Waals surface area contributed by atoms with Crippen LogP contribution in [0.1, 0.15) is 62.2 Å². The summed E-state index contributed by atoms with van der Waals surface area (Å²) in [6.45, 7) is 6.52. The van der Waals surface area contributed by atoms with Gasteiger partial charge in [-0.15, -0.1) is 0 Å². The molecule has 3 nitrogen and oxygen atoms in total. The van der Waals surface area contributed by atoms with Crippen molar-refractivity contribution in [2.24, 2.45) is 5.92 Å². The summed E-state index contributed by atoms with van der Waals surface area (Å²) in [7, 11) is 0. The second-order valence-electron chi connectivity index (χ2n) is 6.73. The summed E-state index contributed by atoms with van der Waals surface area (Å²) in [5.74, 6) is 0.774. The molecule has 0 aliphatic heterocycles. The van der Waals surface area contributed by atoms with Gasteiger partial charge in [0.15, 0.2) is 0 Å². The summed E-state index contributed by atoms with van der Waals surface area (Å²) in [6, 6.07) is 10.0. The minimum atomic E-state index is -0.0448. The molecule has 1 aromatic heterocycles. The molecule has 0 unspecified atom stereocenters. The maximum absolute atomic E-state index is 12.3. The minimum Gasteiger partial charge on any atom is -0.323 e. The summed E-state index contributed by atoms with van der Waals surface area (Å²) < 4.78 is 0. The first-order valence-electron chi connectivity index (χ1n) is 8.69. The highest BCUT2D eigenvalue weighted by atomic mass is 16.1. The summed E-state index contributed by atoms with van der Waals surface area (Å²) in [5, 5.41) is 0. The topological polar surface area (TPSA) is 45.8 Å². The molecule has 0 aliphatic carbocycles. The van der Waals surface area contributed by atoms with Crippen LogP contribution in [0.3, 0.4) is 0 Å². The number of H-pyrrole nitrogens is 1. The van der Waals surface area contributed by atoms with E-state index < -0.39 is 0 Å². The van der Waals surface area contributed by atoms with E-state index in [2.05, 4.69) is 23.8 Å². The van der Waals surface area contributed by atoms with Crippen LogP contribution < -0.4 is 5.56 Å². The number of nitrogens with one attached hydrogen (secondary N) is 1. The fourth-order valence-electron chi connectivity index (χ4n) is 2.80. The Morgan fingerprint density at radius 1 is 1.09 bits per heavy atom. The molecule has 3 heteroatoms. The van der Waals surface area contributed by atoms with Crippen LogP contribution in [-0.2, 0) is 12.8 Å².